The fraction of sp³-hybridized carbons (Fsp3) is 0.571. The number of carbonyl (C=O) groups is 1. The van der Waals surface area contributed by atoms with Gasteiger partial charge in [-0.3, -0.25) is 4.79 Å². The maximum absolute atomic E-state index is 12.3. The van der Waals surface area contributed by atoms with Crippen LogP contribution in [-0.4, -0.2) is 34.9 Å². The molecule has 1 aliphatic heterocycles. The normalized spacial score (nSPS) is 15.3. The first-order chi connectivity index (χ1) is 13.0. The lowest BCUT2D eigenvalue weighted by molar-refractivity contribution is -0.125. The molecule has 1 aromatic heterocycles. The Hall–Kier alpha value is -1.95. The molecule has 0 unspecified atom stereocenters. The van der Waals surface area contributed by atoms with Crippen molar-refractivity contribution in [3.8, 4) is 0 Å². The number of anilines is 1. The number of hydrogen-bond acceptors (Lipinski definition) is 5. The second kappa shape index (κ2) is 9.31. The molecule has 5 nitrogen and oxygen atoms in total. The Kier molecular flexibility index (Phi) is 6.83. The van der Waals surface area contributed by atoms with Crippen molar-refractivity contribution >= 4 is 22.6 Å². The number of hydrogen-bond donors (Lipinski definition) is 1. The number of nitrogens with one attached hydrogen (secondary N) is 1. The van der Waals surface area contributed by atoms with E-state index in [9.17, 15) is 4.79 Å². The van der Waals surface area contributed by atoms with Crippen LogP contribution in [0.15, 0.2) is 24.3 Å². The van der Waals surface area contributed by atoms with Crippen LogP contribution in [0.4, 0.5) is 5.13 Å². The Morgan fingerprint density at radius 1 is 1.26 bits per heavy atom. The largest absolute Gasteiger partial charge is 0.356 e. The van der Waals surface area contributed by atoms with Crippen LogP contribution in [0.2, 0.25) is 0 Å². The molecule has 146 valence electrons. The number of rotatable bonds is 7. The van der Waals surface area contributed by atoms with E-state index in [1.54, 1.807) is 0 Å². The van der Waals surface area contributed by atoms with Gasteiger partial charge < -0.3 is 10.2 Å². The van der Waals surface area contributed by atoms with Crippen molar-refractivity contribution in [3.63, 3.8) is 0 Å². The zero-order chi connectivity index (χ0) is 19.2. The lowest BCUT2D eigenvalue weighted by Crippen LogP contribution is -2.41. The quantitative estimate of drug-likeness (QED) is 0.786. The molecule has 0 spiro atoms. The van der Waals surface area contributed by atoms with Crippen molar-refractivity contribution in [2.45, 2.75) is 46.5 Å². The number of carbonyl (C=O) groups excluding carboxylic acids is 1. The fourth-order valence-corrected chi connectivity index (χ4v) is 4.03. The van der Waals surface area contributed by atoms with Crippen LogP contribution in [-0.2, 0) is 11.2 Å². The maximum atomic E-state index is 12.3. The van der Waals surface area contributed by atoms with E-state index in [0.717, 1.165) is 56.3 Å². The Bertz CT molecular complexity index is 733. The summed E-state index contributed by atoms with van der Waals surface area (Å²) in [5, 5.41) is 4.07. The Morgan fingerprint density at radius 2 is 1.96 bits per heavy atom. The van der Waals surface area contributed by atoms with Crippen molar-refractivity contribution in [2.75, 3.05) is 24.5 Å². The molecular weight excluding hydrogens is 356 g/mol. The van der Waals surface area contributed by atoms with Gasteiger partial charge in [0.25, 0.3) is 0 Å². The van der Waals surface area contributed by atoms with Gasteiger partial charge in [0.1, 0.15) is 5.82 Å². The molecule has 2 aromatic rings. The van der Waals surface area contributed by atoms with Gasteiger partial charge in [-0.1, -0.05) is 43.7 Å². The molecule has 1 saturated heterocycles. The van der Waals surface area contributed by atoms with E-state index in [0.29, 0.717) is 5.92 Å². The van der Waals surface area contributed by atoms with Crippen LogP contribution in [0.1, 0.15) is 50.1 Å². The summed E-state index contributed by atoms with van der Waals surface area (Å²) >= 11 is 1.47. The van der Waals surface area contributed by atoms with Crippen molar-refractivity contribution < 1.29 is 4.79 Å². The number of benzene rings is 1. The van der Waals surface area contributed by atoms with E-state index in [4.69, 9.17) is 4.98 Å². The molecule has 0 radical (unpaired) electrons. The van der Waals surface area contributed by atoms with E-state index >= 15 is 0 Å². The molecule has 1 fully saturated rings. The summed E-state index contributed by atoms with van der Waals surface area (Å²) < 4.78 is 4.53. The highest BCUT2D eigenvalue weighted by molar-refractivity contribution is 7.09. The molecule has 1 amide bonds. The summed E-state index contributed by atoms with van der Waals surface area (Å²) in [4.78, 5) is 19.3. The molecule has 1 aliphatic rings. The maximum Gasteiger partial charge on any atom is 0.223 e. The minimum Gasteiger partial charge on any atom is -0.356 e. The first-order valence-corrected chi connectivity index (χ1v) is 10.7. The summed E-state index contributed by atoms with van der Waals surface area (Å²) in [6.45, 7) is 9.00. The van der Waals surface area contributed by atoms with Crippen LogP contribution in [0.3, 0.4) is 0 Å². The molecule has 0 saturated carbocycles. The highest BCUT2D eigenvalue weighted by Crippen LogP contribution is 2.25. The second-order valence-electron chi connectivity index (χ2n) is 7.89. The number of aryl methyl sites for hydroxylation is 1. The second-order valence-corrected chi connectivity index (χ2v) is 8.62. The molecule has 0 bridgehead atoms. The smallest absolute Gasteiger partial charge is 0.223 e. The Morgan fingerprint density at radius 3 is 2.63 bits per heavy atom. The lowest BCUT2D eigenvalue weighted by atomic mass is 9.96. The number of aromatic nitrogens is 2. The van der Waals surface area contributed by atoms with Crippen LogP contribution >= 0.6 is 11.5 Å². The van der Waals surface area contributed by atoms with E-state index < -0.39 is 0 Å². The van der Waals surface area contributed by atoms with Crippen molar-refractivity contribution in [1.82, 2.24) is 14.7 Å². The average molecular weight is 387 g/mol. The van der Waals surface area contributed by atoms with Crippen molar-refractivity contribution in [1.29, 1.82) is 0 Å². The topological polar surface area (TPSA) is 58.1 Å². The van der Waals surface area contributed by atoms with Gasteiger partial charge in [0.05, 0.1) is 0 Å². The minimum absolute atomic E-state index is 0.133. The third-order valence-electron chi connectivity index (χ3n) is 5.10. The molecular formula is C21H30N4OS. The summed E-state index contributed by atoms with van der Waals surface area (Å²) in [6.07, 6.45) is 3.59. The predicted molar refractivity (Wildman–Crippen MR) is 111 cm³/mol. The van der Waals surface area contributed by atoms with Crippen LogP contribution < -0.4 is 10.2 Å². The summed E-state index contributed by atoms with van der Waals surface area (Å²) in [7, 11) is 0. The van der Waals surface area contributed by atoms with E-state index in [1.165, 1.54) is 22.7 Å². The molecule has 0 atom stereocenters. The minimum atomic E-state index is 0.133. The molecule has 1 aromatic carbocycles. The number of amides is 1. The third kappa shape index (κ3) is 5.76. The van der Waals surface area contributed by atoms with Crippen LogP contribution in [0.5, 0.6) is 0 Å². The van der Waals surface area contributed by atoms with Gasteiger partial charge in [0.15, 0.2) is 0 Å². The van der Waals surface area contributed by atoms with Gasteiger partial charge in [0, 0.05) is 43.5 Å². The highest BCUT2D eigenvalue weighted by atomic mass is 32.1. The molecule has 27 heavy (non-hydrogen) atoms. The predicted octanol–water partition coefficient (Wildman–Crippen LogP) is 3.82. The van der Waals surface area contributed by atoms with Gasteiger partial charge in [0.2, 0.25) is 11.0 Å². The van der Waals surface area contributed by atoms with Gasteiger partial charge in [-0.2, -0.15) is 4.37 Å². The van der Waals surface area contributed by atoms with E-state index in [1.807, 2.05) is 0 Å². The SMILES string of the molecule is Cc1ccc(Cc2nsc(N3CCC(C(=O)NCCC(C)C)CC3)n2)cc1. The van der Waals surface area contributed by atoms with Gasteiger partial charge in [-0.15, -0.1) is 0 Å². The molecule has 0 aliphatic carbocycles. The standard InChI is InChI=1S/C21H30N4OS/c1-15(2)8-11-22-20(26)18-9-12-25(13-10-18)21-23-19(24-27-21)14-17-6-4-16(3)5-7-17/h4-7,15,18H,8-14H2,1-3H3,(H,22,26). The third-order valence-corrected chi connectivity index (χ3v) is 5.91. The fourth-order valence-electron chi connectivity index (χ4n) is 3.29. The Balaban J connectivity index is 1.47. The van der Waals surface area contributed by atoms with Crippen molar-refractivity contribution in [2.24, 2.45) is 11.8 Å². The first-order valence-electron chi connectivity index (χ1n) is 9.92. The van der Waals surface area contributed by atoms with Crippen LogP contribution in [0, 0.1) is 18.8 Å². The Labute approximate surface area is 166 Å². The van der Waals surface area contributed by atoms with Gasteiger partial charge in [-0.25, -0.2) is 4.98 Å². The summed E-state index contributed by atoms with van der Waals surface area (Å²) in [5.41, 5.74) is 2.50. The zero-order valence-corrected chi connectivity index (χ0v) is 17.4. The zero-order valence-electron chi connectivity index (χ0n) is 16.6. The monoisotopic (exact) mass is 386 g/mol. The van der Waals surface area contributed by atoms with Crippen molar-refractivity contribution in [3.05, 3.63) is 41.2 Å². The number of nitrogens with zero attached hydrogens (tertiary/aromatic N) is 3. The first kappa shape index (κ1) is 19.8. The number of piperidine rings is 1. The highest BCUT2D eigenvalue weighted by Gasteiger charge is 2.26. The lowest BCUT2D eigenvalue weighted by Gasteiger charge is -2.30. The molecule has 2 heterocycles. The average Bonchev–Trinajstić information content (AvgIpc) is 3.12. The van der Waals surface area contributed by atoms with Gasteiger partial charge >= 0.3 is 0 Å². The van der Waals surface area contributed by atoms with Crippen LogP contribution in [0.25, 0.3) is 0 Å². The summed E-state index contributed by atoms with van der Waals surface area (Å²) in [5.74, 6) is 1.85. The summed E-state index contributed by atoms with van der Waals surface area (Å²) in [6, 6.07) is 8.53. The molecule has 6 heteroatoms. The van der Waals surface area contributed by atoms with E-state index in [2.05, 4.69) is 59.6 Å². The molecule has 3 rings (SSSR count). The van der Waals surface area contributed by atoms with Gasteiger partial charge in [-0.05, 0) is 37.7 Å². The molecule has 1 N–H and O–H groups in total. The van der Waals surface area contributed by atoms with E-state index in [-0.39, 0.29) is 11.8 Å².